The van der Waals surface area contributed by atoms with Gasteiger partial charge in [0.15, 0.2) is 5.11 Å². The first-order chi connectivity index (χ1) is 20.1. The molecule has 11 nitrogen and oxygen atoms in total. The number of pyridine rings is 1. The molecule has 3 heterocycles. The van der Waals surface area contributed by atoms with Crippen LogP contribution in [0.15, 0.2) is 66.9 Å². The standard InChI is InChI=1S/C30H30N6O5S/c1-17-14-22(18(2)34(17)25-11-10-21(40-4)16-26(25)36(38)39)29-28(23-8-6-7-13-31-23)33-30(42)35(29)20-9-12-27(41-5)24(15-20)32-19(3)37/h6-16,28-29H,1-5H3,(H,32,37)(H,33,42)/t28-,29-/m1/s1. The van der Waals surface area contributed by atoms with Gasteiger partial charge in [0.1, 0.15) is 17.2 Å². The number of nitro groups is 1. The summed E-state index contributed by atoms with van der Waals surface area (Å²) in [6.45, 7) is 5.27. The number of methoxy groups -OCH3 is 2. The lowest BCUT2D eigenvalue weighted by Gasteiger charge is -2.29. The molecule has 2 N–H and O–H groups in total. The maximum atomic E-state index is 12.1. The number of nitrogens with one attached hydrogen (secondary N) is 2. The largest absolute Gasteiger partial charge is 0.496 e. The highest BCUT2D eigenvalue weighted by molar-refractivity contribution is 7.80. The third-order valence-corrected chi connectivity index (χ3v) is 7.59. The van der Waals surface area contributed by atoms with Crippen molar-refractivity contribution in [2.45, 2.75) is 32.9 Å². The number of carbonyl (C=O) groups is 1. The summed E-state index contributed by atoms with van der Waals surface area (Å²) in [5, 5.41) is 18.8. The van der Waals surface area contributed by atoms with Gasteiger partial charge in [-0.3, -0.25) is 19.9 Å². The molecule has 2 aromatic heterocycles. The number of hydrogen-bond donors (Lipinski definition) is 2. The average molecular weight is 587 g/mol. The number of hydrogen-bond acceptors (Lipinski definition) is 7. The molecule has 216 valence electrons. The number of nitrogens with zero attached hydrogens (tertiary/aromatic N) is 4. The SMILES string of the molecule is COc1ccc(-n2c(C)cc([C@@H]3[C@@H](c4ccccn4)NC(=S)N3c3ccc(OC)c(NC(C)=O)c3)c2C)c([N+](=O)[O-])c1. The van der Waals surface area contributed by atoms with Crippen LogP contribution in [0.25, 0.3) is 5.69 Å². The molecular weight excluding hydrogens is 556 g/mol. The molecule has 1 amide bonds. The van der Waals surface area contributed by atoms with E-state index in [9.17, 15) is 14.9 Å². The van der Waals surface area contributed by atoms with Gasteiger partial charge < -0.3 is 29.6 Å². The number of ether oxygens (including phenoxy) is 2. The number of aryl methyl sites for hydroxylation is 1. The third-order valence-electron chi connectivity index (χ3n) is 7.28. The summed E-state index contributed by atoms with van der Waals surface area (Å²) in [5.74, 6) is 0.671. The van der Waals surface area contributed by atoms with Crippen LogP contribution in [-0.4, -0.2) is 39.7 Å². The number of nitro benzene ring substituents is 1. The van der Waals surface area contributed by atoms with E-state index in [1.165, 1.54) is 27.2 Å². The maximum Gasteiger partial charge on any atom is 0.296 e. The van der Waals surface area contributed by atoms with E-state index in [0.29, 0.717) is 28.0 Å². The smallest absolute Gasteiger partial charge is 0.296 e. The number of carbonyl (C=O) groups excluding carboxylic acids is 1. The van der Waals surface area contributed by atoms with Crippen LogP contribution in [0, 0.1) is 24.0 Å². The molecule has 12 heteroatoms. The van der Waals surface area contributed by atoms with Crippen LogP contribution in [0.5, 0.6) is 11.5 Å². The lowest BCUT2D eigenvalue weighted by molar-refractivity contribution is -0.384. The first kappa shape index (κ1) is 28.6. The topological polar surface area (TPSA) is 124 Å². The van der Waals surface area contributed by atoms with Crippen LogP contribution in [0.4, 0.5) is 17.1 Å². The molecule has 1 saturated heterocycles. The van der Waals surface area contributed by atoms with Gasteiger partial charge in [0.25, 0.3) is 5.69 Å². The van der Waals surface area contributed by atoms with E-state index in [-0.39, 0.29) is 23.7 Å². The van der Waals surface area contributed by atoms with Crippen LogP contribution in [-0.2, 0) is 4.79 Å². The summed E-state index contributed by atoms with van der Waals surface area (Å²) in [7, 11) is 3.01. The van der Waals surface area contributed by atoms with Crippen molar-refractivity contribution < 1.29 is 19.2 Å². The summed E-state index contributed by atoms with van der Waals surface area (Å²) >= 11 is 5.89. The van der Waals surface area contributed by atoms with Crippen molar-refractivity contribution in [2.75, 3.05) is 24.4 Å². The molecule has 0 radical (unpaired) electrons. The minimum Gasteiger partial charge on any atom is -0.496 e. The molecule has 42 heavy (non-hydrogen) atoms. The van der Waals surface area contributed by atoms with Crippen LogP contribution in [0.2, 0.25) is 0 Å². The van der Waals surface area contributed by atoms with Crippen LogP contribution >= 0.6 is 12.2 Å². The van der Waals surface area contributed by atoms with Gasteiger partial charge in [0.05, 0.1) is 48.7 Å². The second kappa shape index (κ2) is 11.5. The molecule has 2 aromatic carbocycles. The van der Waals surface area contributed by atoms with Crippen molar-refractivity contribution in [3.05, 3.63) is 99.6 Å². The molecule has 0 aliphatic carbocycles. The van der Waals surface area contributed by atoms with Crippen LogP contribution < -0.4 is 25.0 Å². The monoisotopic (exact) mass is 586 g/mol. The van der Waals surface area contributed by atoms with Crippen molar-refractivity contribution >= 4 is 40.3 Å². The Bertz CT molecular complexity index is 1690. The molecule has 4 aromatic rings. The summed E-state index contributed by atoms with van der Waals surface area (Å²) in [6, 6.07) is 17.3. The van der Waals surface area contributed by atoms with Gasteiger partial charge in [-0.25, -0.2) is 0 Å². The highest BCUT2D eigenvalue weighted by Crippen LogP contribution is 2.45. The van der Waals surface area contributed by atoms with Crippen molar-refractivity contribution in [2.24, 2.45) is 0 Å². The predicted octanol–water partition coefficient (Wildman–Crippen LogP) is 5.55. The molecule has 1 fully saturated rings. The van der Waals surface area contributed by atoms with Crippen LogP contribution in [0.1, 0.15) is 41.7 Å². The molecule has 5 rings (SSSR count). The van der Waals surface area contributed by atoms with E-state index in [1.807, 2.05) is 59.7 Å². The minimum atomic E-state index is -0.410. The third kappa shape index (κ3) is 5.12. The lowest BCUT2D eigenvalue weighted by atomic mass is 9.96. The number of anilines is 2. The molecule has 1 aliphatic rings. The van der Waals surface area contributed by atoms with Gasteiger partial charge in [-0.05, 0) is 80.2 Å². The van der Waals surface area contributed by atoms with Crippen molar-refractivity contribution in [3.8, 4) is 17.2 Å². The molecule has 2 atom stereocenters. The quantitative estimate of drug-likeness (QED) is 0.155. The number of thiocarbonyl (C=S) groups is 1. The first-order valence-corrected chi connectivity index (χ1v) is 13.5. The fourth-order valence-electron chi connectivity index (χ4n) is 5.51. The van der Waals surface area contributed by atoms with E-state index in [2.05, 4.69) is 15.6 Å². The Balaban J connectivity index is 1.70. The predicted molar refractivity (Wildman–Crippen MR) is 164 cm³/mol. The van der Waals surface area contributed by atoms with Gasteiger partial charge >= 0.3 is 0 Å². The van der Waals surface area contributed by atoms with Crippen molar-refractivity contribution in [1.29, 1.82) is 0 Å². The molecule has 1 aliphatic heterocycles. The maximum absolute atomic E-state index is 12.1. The number of benzene rings is 2. The van der Waals surface area contributed by atoms with E-state index in [0.717, 1.165) is 28.3 Å². The Morgan fingerprint density at radius 3 is 2.52 bits per heavy atom. The number of rotatable bonds is 8. The second-order valence-electron chi connectivity index (χ2n) is 9.84. The zero-order valence-electron chi connectivity index (χ0n) is 23.7. The van der Waals surface area contributed by atoms with Crippen molar-refractivity contribution in [3.63, 3.8) is 0 Å². The Labute approximate surface area is 248 Å². The lowest BCUT2D eigenvalue weighted by Crippen LogP contribution is -2.29. The van der Waals surface area contributed by atoms with Gasteiger partial charge in [-0.1, -0.05) is 6.07 Å². The zero-order chi connectivity index (χ0) is 30.1. The average Bonchev–Trinajstić information content (AvgIpc) is 3.47. The van der Waals surface area contributed by atoms with E-state index in [1.54, 1.807) is 24.4 Å². The Morgan fingerprint density at radius 1 is 1.10 bits per heavy atom. The van der Waals surface area contributed by atoms with Crippen molar-refractivity contribution in [1.82, 2.24) is 14.9 Å². The highest BCUT2D eigenvalue weighted by Gasteiger charge is 2.42. The summed E-state index contributed by atoms with van der Waals surface area (Å²) in [4.78, 5) is 30.2. The van der Waals surface area contributed by atoms with E-state index in [4.69, 9.17) is 21.7 Å². The van der Waals surface area contributed by atoms with Gasteiger partial charge in [-0.15, -0.1) is 0 Å². The molecule has 0 unspecified atom stereocenters. The van der Waals surface area contributed by atoms with E-state index < -0.39 is 4.92 Å². The Kier molecular flexibility index (Phi) is 7.81. The molecule has 0 saturated carbocycles. The Hall–Kier alpha value is -4.97. The van der Waals surface area contributed by atoms with Gasteiger partial charge in [0.2, 0.25) is 5.91 Å². The Morgan fingerprint density at radius 2 is 1.88 bits per heavy atom. The summed E-state index contributed by atoms with van der Waals surface area (Å²) < 4.78 is 12.6. The second-order valence-corrected chi connectivity index (χ2v) is 10.2. The summed E-state index contributed by atoms with van der Waals surface area (Å²) in [5.41, 5.74) is 4.87. The first-order valence-electron chi connectivity index (χ1n) is 13.1. The fraction of sp³-hybridized carbons (Fsp3) is 0.233. The fourth-order valence-corrected chi connectivity index (χ4v) is 5.85. The molecule has 0 bridgehead atoms. The molecule has 0 spiro atoms. The van der Waals surface area contributed by atoms with Gasteiger partial charge in [0, 0.05) is 30.2 Å². The number of amides is 1. The number of aromatic nitrogens is 2. The van der Waals surface area contributed by atoms with Crippen LogP contribution in [0.3, 0.4) is 0 Å². The zero-order valence-corrected chi connectivity index (χ0v) is 24.6. The summed E-state index contributed by atoms with van der Waals surface area (Å²) in [6.07, 6.45) is 1.73. The highest BCUT2D eigenvalue weighted by atomic mass is 32.1. The van der Waals surface area contributed by atoms with Gasteiger partial charge in [-0.2, -0.15) is 0 Å². The molecular formula is C30H30N6O5S. The van der Waals surface area contributed by atoms with E-state index >= 15 is 0 Å². The minimum absolute atomic E-state index is 0.0731. The normalized spacial score (nSPS) is 16.2.